The van der Waals surface area contributed by atoms with Crippen LogP contribution in [0.2, 0.25) is 0 Å². The van der Waals surface area contributed by atoms with Gasteiger partial charge in [0.15, 0.2) is 5.75 Å². The number of nitrogens with one attached hydrogen (secondary N) is 1. The molecule has 1 aromatic heterocycles. The summed E-state index contributed by atoms with van der Waals surface area (Å²) < 4.78 is 7.70. The number of ether oxygens (including phenoxy) is 1. The number of nitrogens with zero attached hydrogens (tertiary/aromatic N) is 3. The van der Waals surface area contributed by atoms with Crippen molar-refractivity contribution in [1.29, 1.82) is 5.26 Å². The summed E-state index contributed by atoms with van der Waals surface area (Å²) >= 11 is 0. The van der Waals surface area contributed by atoms with Gasteiger partial charge in [0.05, 0.1) is 29.8 Å². The molecule has 2 aromatic rings. The van der Waals surface area contributed by atoms with Crippen molar-refractivity contribution in [2.24, 2.45) is 18.4 Å². The van der Waals surface area contributed by atoms with Crippen LogP contribution in [0.15, 0.2) is 102 Å². The van der Waals surface area contributed by atoms with Crippen LogP contribution in [0, 0.1) is 22.7 Å². The van der Waals surface area contributed by atoms with Gasteiger partial charge in [-0.2, -0.15) is 10.4 Å². The molecule has 1 aromatic carbocycles. The number of Topliss-reactive ketones (excluding diaryl/α,β-unsaturated/α-hetero) is 1. The van der Waals surface area contributed by atoms with Gasteiger partial charge in [-0.3, -0.25) is 9.48 Å². The van der Waals surface area contributed by atoms with Crippen LogP contribution in [0.4, 0.5) is 0 Å². The molecule has 6 heteroatoms. The molecule has 214 valence electrons. The van der Waals surface area contributed by atoms with E-state index >= 15 is 0 Å². The van der Waals surface area contributed by atoms with Crippen molar-refractivity contribution in [3.05, 3.63) is 108 Å². The van der Waals surface area contributed by atoms with E-state index in [0.29, 0.717) is 18.9 Å². The Labute approximate surface area is 244 Å². The van der Waals surface area contributed by atoms with E-state index in [-0.39, 0.29) is 11.7 Å². The Morgan fingerprint density at radius 1 is 1.15 bits per heavy atom. The molecule has 2 aliphatic carbocycles. The molecule has 0 radical (unpaired) electrons. The number of aryl methyl sites for hydroxylation is 1. The lowest BCUT2D eigenvalue weighted by molar-refractivity contribution is -0.120. The van der Waals surface area contributed by atoms with Crippen LogP contribution < -0.4 is 10.1 Å². The number of allylic oxidation sites excluding steroid dienone is 8. The van der Waals surface area contributed by atoms with Gasteiger partial charge in [0.1, 0.15) is 11.5 Å². The summed E-state index contributed by atoms with van der Waals surface area (Å²) in [6.07, 6.45) is 23.1. The number of ketones is 1. The lowest BCUT2D eigenvalue weighted by Gasteiger charge is -2.24. The first kappa shape index (κ1) is 30.0. The summed E-state index contributed by atoms with van der Waals surface area (Å²) in [4.78, 5) is 13.5. The van der Waals surface area contributed by atoms with E-state index in [9.17, 15) is 10.1 Å². The van der Waals surface area contributed by atoms with E-state index < -0.39 is 5.41 Å². The number of hydrogen-bond donors (Lipinski definition) is 1. The van der Waals surface area contributed by atoms with Gasteiger partial charge >= 0.3 is 0 Å². The number of carbonyl (C=O) groups is 1. The van der Waals surface area contributed by atoms with Crippen molar-refractivity contribution in [2.45, 2.75) is 58.3 Å². The fourth-order valence-corrected chi connectivity index (χ4v) is 5.17. The SMILES string of the molecule is C[C@H](CNC[C@H](C(=O)CCCC1=CCC/C=C(\Oc2cnn(C)c2)C=C1)c1ccccc1)C1=CCC(C)(C#N)C=C1. The Morgan fingerprint density at radius 3 is 2.66 bits per heavy atom. The molecule has 0 amide bonds. The predicted octanol–water partition coefficient (Wildman–Crippen LogP) is 7.12. The summed E-state index contributed by atoms with van der Waals surface area (Å²) in [6.45, 7) is 5.55. The molecular formula is C35H42N4O2. The maximum atomic E-state index is 13.5. The molecule has 1 unspecified atom stereocenters. The fraction of sp³-hybridized carbons (Fsp3) is 0.400. The van der Waals surface area contributed by atoms with Crippen molar-refractivity contribution in [3.63, 3.8) is 0 Å². The smallest absolute Gasteiger partial charge is 0.165 e. The highest BCUT2D eigenvalue weighted by Crippen LogP contribution is 2.31. The third-order valence-electron chi connectivity index (χ3n) is 7.81. The van der Waals surface area contributed by atoms with Crippen molar-refractivity contribution in [3.8, 4) is 11.8 Å². The lowest BCUT2D eigenvalue weighted by atomic mass is 9.81. The monoisotopic (exact) mass is 550 g/mol. The average Bonchev–Trinajstić information content (AvgIpc) is 3.39. The van der Waals surface area contributed by atoms with Crippen molar-refractivity contribution in [2.75, 3.05) is 13.1 Å². The van der Waals surface area contributed by atoms with Crippen LogP contribution in [0.25, 0.3) is 0 Å². The number of nitriles is 1. The number of rotatable bonds is 13. The zero-order chi connectivity index (χ0) is 29.1. The van der Waals surface area contributed by atoms with E-state index in [1.54, 1.807) is 10.9 Å². The van der Waals surface area contributed by atoms with Gasteiger partial charge in [-0.25, -0.2) is 0 Å². The molecule has 2 aliphatic rings. The first-order valence-electron chi connectivity index (χ1n) is 14.7. The third-order valence-corrected chi connectivity index (χ3v) is 7.81. The van der Waals surface area contributed by atoms with Gasteiger partial charge < -0.3 is 10.1 Å². The Bertz CT molecular complexity index is 1370. The van der Waals surface area contributed by atoms with Gasteiger partial charge in [-0.1, -0.05) is 73.2 Å². The fourth-order valence-electron chi connectivity index (χ4n) is 5.17. The zero-order valence-corrected chi connectivity index (χ0v) is 24.6. The lowest BCUT2D eigenvalue weighted by Crippen LogP contribution is -2.31. The maximum Gasteiger partial charge on any atom is 0.165 e. The molecule has 1 N–H and O–H groups in total. The quantitative estimate of drug-likeness (QED) is 0.287. The molecule has 1 heterocycles. The molecule has 0 aliphatic heterocycles. The van der Waals surface area contributed by atoms with Gasteiger partial charge in [0.25, 0.3) is 0 Å². The molecule has 6 nitrogen and oxygen atoms in total. The van der Waals surface area contributed by atoms with Crippen LogP contribution in [-0.4, -0.2) is 28.7 Å². The number of hydrogen-bond acceptors (Lipinski definition) is 5. The topological polar surface area (TPSA) is 79.9 Å². The second kappa shape index (κ2) is 14.6. The van der Waals surface area contributed by atoms with Gasteiger partial charge in [-0.15, -0.1) is 0 Å². The van der Waals surface area contributed by atoms with Crippen molar-refractivity contribution >= 4 is 5.78 Å². The normalized spacial score (nSPS) is 21.4. The van der Waals surface area contributed by atoms with Gasteiger partial charge in [0.2, 0.25) is 0 Å². The van der Waals surface area contributed by atoms with E-state index in [0.717, 1.165) is 55.7 Å². The van der Waals surface area contributed by atoms with Crippen LogP contribution in [-0.2, 0) is 11.8 Å². The minimum absolute atomic E-state index is 0.176. The highest BCUT2D eigenvalue weighted by Gasteiger charge is 2.24. The molecule has 41 heavy (non-hydrogen) atoms. The second-order valence-electron chi connectivity index (χ2n) is 11.4. The van der Waals surface area contributed by atoms with E-state index in [2.05, 4.69) is 65.9 Å². The Kier molecular flexibility index (Phi) is 10.7. The number of benzene rings is 1. The Balaban J connectivity index is 1.28. The highest BCUT2D eigenvalue weighted by atomic mass is 16.5. The first-order valence-corrected chi connectivity index (χ1v) is 14.7. The van der Waals surface area contributed by atoms with Crippen molar-refractivity contribution in [1.82, 2.24) is 15.1 Å². The number of carbonyl (C=O) groups excluding carboxylic acids is 1. The Hall–Kier alpha value is -3.95. The minimum atomic E-state index is -0.407. The molecule has 3 atom stereocenters. The second-order valence-corrected chi connectivity index (χ2v) is 11.4. The van der Waals surface area contributed by atoms with E-state index in [4.69, 9.17) is 4.74 Å². The molecule has 0 spiro atoms. The average molecular weight is 551 g/mol. The summed E-state index contributed by atoms with van der Waals surface area (Å²) in [5, 5.41) is 17.1. The van der Waals surface area contributed by atoms with E-state index in [1.165, 1.54) is 11.1 Å². The summed E-state index contributed by atoms with van der Waals surface area (Å²) in [5.74, 6) is 1.95. The molecule has 0 saturated carbocycles. The Morgan fingerprint density at radius 2 is 1.95 bits per heavy atom. The predicted molar refractivity (Wildman–Crippen MR) is 164 cm³/mol. The van der Waals surface area contributed by atoms with Gasteiger partial charge in [0, 0.05) is 26.6 Å². The molecule has 4 rings (SSSR count). The minimum Gasteiger partial charge on any atom is -0.454 e. The van der Waals surface area contributed by atoms with Crippen LogP contribution >= 0.6 is 0 Å². The molecular weight excluding hydrogens is 508 g/mol. The van der Waals surface area contributed by atoms with Crippen LogP contribution in [0.5, 0.6) is 5.75 Å². The third kappa shape index (κ3) is 9.03. The van der Waals surface area contributed by atoms with Crippen molar-refractivity contribution < 1.29 is 9.53 Å². The first-order chi connectivity index (χ1) is 19.8. The van der Waals surface area contributed by atoms with E-state index in [1.807, 2.05) is 50.5 Å². The van der Waals surface area contributed by atoms with Crippen LogP contribution in [0.1, 0.15) is 63.9 Å². The zero-order valence-electron chi connectivity index (χ0n) is 24.6. The summed E-state index contributed by atoms with van der Waals surface area (Å²) in [7, 11) is 1.87. The molecule has 0 bridgehead atoms. The molecule has 0 saturated heterocycles. The maximum absolute atomic E-state index is 13.5. The summed E-state index contributed by atoms with van der Waals surface area (Å²) in [6, 6.07) is 12.5. The number of aromatic nitrogens is 2. The standard InChI is InChI=1S/C35H42N4O2/c1-27(29-18-20-35(2,26-36)21-19-29)22-37-24-33(30-12-5-4-6-13-30)34(40)15-9-11-28-10-7-8-14-31(17-16-28)41-32-23-38-39(3)25-32/h4-6,10,12-14,16-20,23,25,27,33,37H,7-9,11,15,21-22,24H2,1-3H3/b17-16?,28-10?,31-14-/t27-,33+,35?/m1/s1. The van der Waals surface area contributed by atoms with Crippen LogP contribution in [0.3, 0.4) is 0 Å². The largest absolute Gasteiger partial charge is 0.454 e. The highest BCUT2D eigenvalue weighted by molar-refractivity contribution is 5.86. The molecule has 0 fully saturated rings. The summed E-state index contributed by atoms with van der Waals surface area (Å²) in [5.41, 5.74) is 3.14. The van der Waals surface area contributed by atoms with Gasteiger partial charge in [-0.05, 0) is 68.2 Å².